The van der Waals surface area contributed by atoms with E-state index in [1.165, 1.54) is 4.90 Å². The fourth-order valence-electron chi connectivity index (χ4n) is 3.46. The van der Waals surface area contributed by atoms with Gasteiger partial charge in [-0.15, -0.1) is 0 Å². The third-order valence-corrected chi connectivity index (χ3v) is 4.87. The summed E-state index contributed by atoms with van der Waals surface area (Å²) in [6.45, 7) is 7.19. The first kappa shape index (κ1) is 19.9. The highest BCUT2D eigenvalue weighted by Gasteiger charge is 2.29. The molecule has 1 saturated heterocycles. The van der Waals surface area contributed by atoms with E-state index in [0.29, 0.717) is 19.8 Å². The standard InChI is InChI=1S/C20H31NO4/c1-3-19(16-8-6-5-7-9-16)25-15-18(22)14-21-12-10-17(11-13-21)20(23)24-4-2/h5-9,17-19,22H,3-4,10-15H2,1-2H3/p+1/t18-,19-/m1/s1. The van der Waals surface area contributed by atoms with Gasteiger partial charge in [0.2, 0.25) is 0 Å². The van der Waals surface area contributed by atoms with Crippen LogP contribution in [0.15, 0.2) is 30.3 Å². The van der Waals surface area contributed by atoms with Gasteiger partial charge in [-0.1, -0.05) is 37.3 Å². The molecule has 0 saturated carbocycles. The van der Waals surface area contributed by atoms with Crippen molar-refractivity contribution in [3.8, 4) is 0 Å². The van der Waals surface area contributed by atoms with Crippen molar-refractivity contribution in [1.29, 1.82) is 0 Å². The number of likely N-dealkylation sites (tertiary alicyclic amines) is 1. The van der Waals surface area contributed by atoms with Gasteiger partial charge >= 0.3 is 5.97 Å². The molecule has 140 valence electrons. The number of aliphatic hydroxyl groups excluding tert-OH is 1. The topological polar surface area (TPSA) is 60.2 Å². The lowest BCUT2D eigenvalue weighted by molar-refractivity contribution is -0.908. The summed E-state index contributed by atoms with van der Waals surface area (Å²) in [6, 6.07) is 10.1. The van der Waals surface area contributed by atoms with E-state index < -0.39 is 6.10 Å². The Hall–Kier alpha value is -1.43. The second-order valence-corrected chi connectivity index (χ2v) is 6.78. The van der Waals surface area contributed by atoms with Crippen molar-refractivity contribution >= 4 is 5.97 Å². The van der Waals surface area contributed by atoms with Gasteiger partial charge in [0.1, 0.15) is 12.6 Å². The van der Waals surface area contributed by atoms with Crippen molar-refractivity contribution in [1.82, 2.24) is 0 Å². The highest BCUT2D eigenvalue weighted by Crippen LogP contribution is 2.20. The number of ether oxygens (including phenoxy) is 2. The predicted octanol–water partition coefficient (Wildman–Crippen LogP) is 1.37. The van der Waals surface area contributed by atoms with Crippen LogP contribution >= 0.6 is 0 Å². The molecule has 0 radical (unpaired) electrons. The second-order valence-electron chi connectivity index (χ2n) is 6.78. The zero-order valence-electron chi connectivity index (χ0n) is 15.4. The first-order valence-corrected chi connectivity index (χ1v) is 9.48. The largest absolute Gasteiger partial charge is 0.466 e. The summed E-state index contributed by atoms with van der Waals surface area (Å²) in [5.41, 5.74) is 1.15. The van der Waals surface area contributed by atoms with Crippen LogP contribution in [0.5, 0.6) is 0 Å². The number of benzene rings is 1. The van der Waals surface area contributed by atoms with Crippen LogP contribution < -0.4 is 4.90 Å². The molecule has 0 spiro atoms. The van der Waals surface area contributed by atoms with Crippen molar-refractivity contribution in [3.63, 3.8) is 0 Å². The van der Waals surface area contributed by atoms with Gasteiger partial charge in [0.05, 0.1) is 38.3 Å². The number of nitrogens with one attached hydrogen (secondary N) is 1. The van der Waals surface area contributed by atoms with E-state index in [4.69, 9.17) is 9.47 Å². The minimum atomic E-state index is -0.480. The summed E-state index contributed by atoms with van der Waals surface area (Å²) in [5.74, 6) is -0.0428. The Bertz CT molecular complexity index is 500. The maximum absolute atomic E-state index is 11.8. The van der Waals surface area contributed by atoms with Crippen LogP contribution in [-0.2, 0) is 14.3 Å². The Labute approximate surface area is 150 Å². The first-order valence-electron chi connectivity index (χ1n) is 9.48. The molecule has 0 bridgehead atoms. The number of hydrogen-bond acceptors (Lipinski definition) is 4. The Morgan fingerprint density at radius 1 is 1.24 bits per heavy atom. The lowest BCUT2D eigenvalue weighted by Crippen LogP contribution is -3.14. The van der Waals surface area contributed by atoms with E-state index in [0.717, 1.165) is 37.9 Å². The van der Waals surface area contributed by atoms with E-state index in [1.807, 2.05) is 25.1 Å². The third-order valence-electron chi connectivity index (χ3n) is 4.87. The predicted molar refractivity (Wildman–Crippen MR) is 96.4 cm³/mol. The molecule has 2 rings (SSSR count). The van der Waals surface area contributed by atoms with Crippen LogP contribution in [0, 0.1) is 5.92 Å². The summed E-state index contributed by atoms with van der Waals surface area (Å²) in [5, 5.41) is 10.3. The van der Waals surface area contributed by atoms with Crippen LogP contribution in [0.1, 0.15) is 44.8 Å². The van der Waals surface area contributed by atoms with E-state index in [9.17, 15) is 9.90 Å². The monoisotopic (exact) mass is 350 g/mol. The second kappa shape index (κ2) is 10.5. The van der Waals surface area contributed by atoms with Gasteiger partial charge in [-0.25, -0.2) is 0 Å². The summed E-state index contributed by atoms with van der Waals surface area (Å²) in [6.07, 6.45) is 2.11. The molecule has 1 heterocycles. The number of quaternary nitrogens is 1. The van der Waals surface area contributed by atoms with Gasteiger partial charge in [-0.2, -0.15) is 0 Å². The molecule has 25 heavy (non-hydrogen) atoms. The lowest BCUT2D eigenvalue weighted by atomic mass is 9.97. The molecule has 2 atom stereocenters. The molecular weight excluding hydrogens is 318 g/mol. The fraction of sp³-hybridized carbons (Fsp3) is 0.650. The molecule has 1 aromatic rings. The highest BCUT2D eigenvalue weighted by atomic mass is 16.5. The molecule has 2 N–H and O–H groups in total. The van der Waals surface area contributed by atoms with Gasteiger partial charge < -0.3 is 19.5 Å². The van der Waals surface area contributed by atoms with Crippen LogP contribution in [0.2, 0.25) is 0 Å². The maximum Gasteiger partial charge on any atom is 0.309 e. The molecule has 5 nitrogen and oxygen atoms in total. The maximum atomic E-state index is 11.8. The van der Waals surface area contributed by atoms with E-state index in [-0.39, 0.29) is 18.0 Å². The van der Waals surface area contributed by atoms with Crippen molar-refractivity contribution in [2.75, 3.05) is 32.8 Å². The molecule has 1 aliphatic rings. The van der Waals surface area contributed by atoms with E-state index >= 15 is 0 Å². The van der Waals surface area contributed by atoms with Gasteiger partial charge in [0.25, 0.3) is 0 Å². The Kier molecular flexibility index (Phi) is 8.38. The summed E-state index contributed by atoms with van der Waals surface area (Å²) >= 11 is 0. The number of piperidine rings is 1. The van der Waals surface area contributed by atoms with Crippen LogP contribution in [0.3, 0.4) is 0 Å². The molecule has 0 unspecified atom stereocenters. The summed E-state index contributed by atoms with van der Waals surface area (Å²) < 4.78 is 11.0. The van der Waals surface area contributed by atoms with Gasteiger partial charge in [0.15, 0.2) is 0 Å². The molecule has 1 aliphatic heterocycles. The van der Waals surface area contributed by atoms with Crippen molar-refractivity contribution in [3.05, 3.63) is 35.9 Å². The minimum Gasteiger partial charge on any atom is -0.466 e. The molecule has 5 heteroatoms. The third kappa shape index (κ3) is 6.42. The number of carbonyl (C=O) groups excluding carboxylic acids is 1. The lowest BCUT2D eigenvalue weighted by Gasteiger charge is -2.29. The molecule has 1 aromatic carbocycles. The Morgan fingerprint density at radius 3 is 2.52 bits per heavy atom. The van der Waals surface area contributed by atoms with Gasteiger partial charge in [-0.3, -0.25) is 4.79 Å². The number of esters is 1. The fourth-order valence-corrected chi connectivity index (χ4v) is 3.46. The van der Waals surface area contributed by atoms with Crippen molar-refractivity contribution < 1.29 is 24.3 Å². The summed E-state index contributed by atoms with van der Waals surface area (Å²) in [7, 11) is 0. The smallest absolute Gasteiger partial charge is 0.309 e. The quantitative estimate of drug-likeness (QED) is 0.661. The van der Waals surface area contributed by atoms with Crippen LogP contribution in [0.4, 0.5) is 0 Å². The van der Waals surface area contributed by atoms with Crippen molar-refractivity contribution in [2.45, 2.75) is 45.3 Å². The zero-order valence-corrected chi connectivity index (χ0v) is 15.4. The molecular formula is C20H32NO4+. The zero-order chi connectivity index (χ0) is 18.1. The molecule has 0 amide bonds. The summed E-state index contributed by atoms with van der Waals surface area (Å²) in [4.78, 5) is 13.1. The van der Waals surface area contributed by atoms with Gasteiger partial charge in [-0.05, 0) is 18.9 Å². The molecule has 0 aliphatic carbocycles. The van der Waals surface area contributed by atoms with E-state index in [1.54, 1.807) is 0 Å². The Morgan fingerprint density at radius 2 is 1.92 bits per heavy atom. The number of aliphatic hydroxyl groups is 1. The molecule has 0 aromatic heterocycles. The Balaban J connectivity index is 1.70. The molecule has 1 fully saturated rings. The first-order chi connectivity index (χ1) is 12.1. The van der Waals surface area contributed by atoms with Crippen LogP contribution in [0.25, 0.3) is 0 Å². The van der Waals surface area contributed by atoms with Crippen LogP contribution in [-0.4, -0.2) is 50.0 Å². The minimum absolute atomic E-state index is 0.0274. The van der Waals surface area contributed by atoms with Crippen molar-refractivity contribution in [2.24, 2.45) is 5.92 Å². The SMILES string of the molecule is CCOC(=O)C1CC[NH+](C[C@@H](O)CO[C@H](CC)c2ccccc2)CC1. The number of hydrogen-bond donors (Lipinski definition) is 2. The highest BCUT2D eigenvalue weighted by molar-refractivity contribution is 5.72. The normalized spacial score (nSPS) is 23.0. The van der Waals surface area contributed by atoms with E-state index in [2.05, 4.69) is 19.1 Å². The average molecular weight is 350 g/mol. The average Bonchev–Trinajstić information content (AvgIpc) is 2.64. The number of carbonyl (C=O) groups is 1. The number of rotatable bonds is 9. The van der Waals surface area contributed by atoms with Gasteiger partial charge in [0, 0.05) is 12.8 Å².